The van der Waals surface area contributed by atoms with Crippen LogP contribution in [-0.2, 0) is 6.42 Å². The van der Waals surface area contributed by atoms with Crippen molar-refractivity contribution >= 4 is 50.8 Å². The molecule has 0 spiro atoms. The van der Waals surface area contributed by atoms with E-state index in [1.807, 2.05) is 55.5 Å². The minimum absolute atomic E-state index is 0.0591. The summed E-state index contributed by atoms with van der Waals surface area (Å²) in [4.78, 5) is 24.5. The van der Waals surface area contributed by atoms with E-state index in [9.17, 15) is 4.79 Å². The zero-order valence-corrected chi connectivity index (χ0v) is 18.7. The maximum atomic E-state index is 12.8. The van der Waals surface area contributed by atoms with E-state index in [1.165, 1.54) is 0 Å². The Hall–Kier alpha value is -3.48. The first-order chi connectivity index (χ1) is 15.5. The molecular weight excluding hydrogens is 445 g/mol. The Balaban J connectivity index is 0.000000174. The average molecular weight is 464 g/mol. The van der Waals surface area contributed by atoms with Crippen molar-refractivity contribution in [2.75, 3.05) is 5.73 Å². The summed E-state index contributed by atoms with van der Waals surface area (Å²) in [6.45, 7) is 2.05. The molecule has 160 valence electrons. The molecule has 2 aromatic carbocycles. The van der Waals surface area contributed by atoms with Gasteiger partial charge in [-0.15, -0.1) is 0 Å². The van der Waals surface area contributed by atoms with Crippen LogP contribution in [0.3, 0.4) is 0 Å². The van der Waals surface area contributed by atoms with Gasteiger partial charge in [-0.05, 0) is 59.8 Å². The lowest BCUT2D eigenvalue weighted by Gasteiger charge is -2.14. The van der Waals surface area contributed by atoms with E-state index in [4.69, 9.17) is 28.9 Å². The van der Waals surface area contributed by atoms with Gasteiger partial charge in [-0.2, -0.15) is 4.98 Å². The van der Waals surface area contributed by atoms with Gasteiger partial charge in [0.15, 0.2) is 5.82 Å². The van der Waals surface area contributed by atoms with Crippen LogP contribution in [0.15, 0.2) is 77.7 Å². The molecule has 0 saturated carbocycles. The van der Waals surface area contributed by atoms with Gasteiger partial charge in [0.2, 0.25) is 5.28 Å². The van der Waals surface area contributed by atoms with Crippen LogP contribution in [0.1, 0.15) is 12.6 Å². The molecule has 5 rings (SSSR count). The highest BCUT2D eigenvalue weighted by Crippen LogP contribution is 2.22. The van der Waals surface area contributed by atoms with Gasteiger partial charge in [0, 0.05) is 17.6 Å². The number of hydrogen-bond acceptors (Lipinski definition) is 5. The molecule has 3 heterocycles. The van der Waals surface area contributed by atoms with Gasteiger partial charge < -0.3 is 5.73 Å². The van der Waals surface area contributed by atoms with Crippen LogP contribution in [0.25, 0.3) is 27.5 Å². The highest BCUT2D eigenvalue weighted by molar-refractivity contribution is 6.35. The number of rotatable bonds is 2. The van der Waals surface area contributed by atoms with E-state index in [0.717, 1.165) is 23.2 Å². The molecule has 0 aliphatic carbocycles. The molecule has 0 saturated heterocycles. The molecule has 8 heteroatoms. The van der Waals surface area contributed by atoms with Crippen LogP contribution >= 0.6 is 23.2 Å². The lowest BCUT2D eigenvalue weighted by molar-refractivity contribution is 0.889. The van der Waals surface area contributed by atoms with Crippen molar-refractivity contribution < 1.29 is 0 Å². The standard InChI is InChI=1S/C17H14ClNO.C7H5ClN4/c1-2-13-11-12-7-6-10-15(18)16(12)17(20)19(13)14-8-4-3-5-9-14;8-7-11-4-2-1-3-10-5(4)6(9)12-7/h3-11H,2H2,1H3;1-3H,(H2,9,11,12). The second kappa shape index (κ2) is 9.34. The highest BCUT2D eigenvalue weighted by Gasteiger charge is 2.12. The SMILES string of the molecule is CCc1cc2cccc(Cl)c2c(=O)n1-c1ccccc1.Nc1nc(Cl)nc2cccnc12. The molecular formula is C24H19Cl2N5O. The van der Waals surface area contributed by atoms with E-state index in [2.05, 4.69) is 15.0 Å². The van der Waals surface area contributed by atoms with Crippen molar-refractivity contribution in [3.05, 3.63) is 99.3 Å². The molecule has 2 N–H and O–H groups in total. The topological polar surface area (TPSA) is 86.7 Å². The van der Waals surface area contributed by atoms with Crippen molar-refractivity contribution in [3.63, 3.8) is 0 Å². The van der Waals surface area contributed by atoms with Gasteiger partial charge in [0.05, 0.1) is 15.9 Å². The molecule has 0 aliphatic heterocycles. The second-order valence-corrected chi connectivity index (χ2v) is 7.66. The molecule has 32 heavy (non-hydrogen) atoms. The Bertz CT molecular complexity index is 1470. The number of nitrogen functional groups attached to an aromatic ring is 1. The fourth-order valence-electron chi connectivity index (χ4n) is 3.45. The predicted molar refractivity (Wildman–Crippen MR) is 131 cm³/mol. The molecule has 0 aliphatic rings. The van der Waals surface area contributed by atoms with Crippen LogP contribution in [-0.4, -0.2) is 19.5 Å². The van der Waals surface area contributed by atoms with E-state index in [1.54, 1.807) is 29.0 Å². The summed E-state index contributed by atoms with van der Waals surface area (Å²) < 4.78 is 1.74. The number of hydrogen-bond donors (Lipinski definition) is 1. The zero-order chi connectivity index (χ0) is 22.7. The Morgan fingerprint density at radius 2 is 1.75 bits per heavy atom. The third kappa shape index (κ3) is 4.28. The number of nitrogens with two attached hydrogens (primary N) is 1. The van der Waals surface area contributed by atoms with Crippen LogP contribution < -0.4 is 11.3 Å². The van der Waals surface area contributed by atoms with Gasteiger partial charge in [-0.3, -0.25) is 14.3 Å². The van der Waals surface area contributed by atoms with Gasteiger partial charge in [0.1, 0.15) is 5.52 Å². The van der Waals surface area contributed by atoms with E-state index >= 15 is 0 Å². The first-order valence-corrected chi connectivity index (χ1v) is 10.7. The van der Waals surface area contributed by atoms with Crippen LogP contribution in [0.5, 0.6) is 0 Å². The largest absolute Gasteiger partial charge is 0.382 e. The van der Waals surface area contributed by atoms with Crippen molar-refractivity contribution in [1.82, 2.24) is 19.5 Å². The fraction of sp³-hybridized carbons (Fsp3) is 0.0833. The van der Waals surface area contributed by atoms with Gasteiger partial charge in [0.25, 0.3) is 5.56 Å². The van der Waals surface area contributed by atoms with Crippen LogP contribution in [0.4, 0.5) is 5.82 Å². The Morgan fingerprint density at radius 3 is 2.50 bits per heavy atom. The summed E-state index contributed by atoms with van der Waals surface area (Å²) in [5.41, 5.74) is 8.60. The molecule has 0 atom stereocenters. The molecule has 0 fully saturated rings. The number of benzene rings is 2. The normalized spacial score (nSPS) is 10.7. The van der Waals surface area contributed by atoms with Gasteiger partial charge in [-0.1, -0.05) is 48.9 Å². The van der Waals surface area contributed by atoms with Gasteiger partial charge >= 0.3 is 0 Å². The number of aryl methyl sites for hydroxylation is 1. The van der Waals surface area contributed by atoms with E-state index in [0.29, 0.717) is 27.3 Å². The van der Waals surface area contributed by atoms with Crippen molar-refractivity contribution in [2.45, 2.75) is 13.3 Å². The van der Waals surface area contributed by atoms with Crippen molar-refractivity contribution in [3.8, 4) is 5.69 Å². The maximum absolute atomic E-state index is 12.8. The smallest absolute Gasteiger partial charge is 0.264 e. The first kappa shape index (κ1) is 21.7. The molecule has 0 unspecified atom stereocenters. The fourth-order valence-corrected chi connectivity index (χ4v) is 3.90. The Labute approximate surface area is 194 Å². The molecule has 0 amide bonds. The summed E-state index contributed by atoms with van der Waals surface area (Å²) in [5.74, 6) is 0.311. The molecule has 3 aromatic heterocycles. The summed E-state index contributed by atoms with van der Waals surface area (Å²) >= 11 is 11.8. The van der Waals surface area contributed by atoms with Crippen molar-refractivity contribution in [2.24, 2.45) is 0 Å². The summed E-state index contributed by atoms with van der Waals surface area (Å²) in [7, 11) is 0. The number of aromatic nitrogens is 4. The number of nitrogens with zero attached hydrogens (tertiary/aromatic N) is 4. The van der Waals surface area contributed by atoms with Gasteiger partial charge in [-0.25, -0.2) is 4.98 Å². The lowest BCUT2D eigenvalue weighted by Crippen LogP contribution is -2.22. The van der Waals surface area contributed by atoms with E-state index < -0.39 is 0 Å². The third-order valence-electron chi connectivity index (χ3n) is 4.90. The number of fused-ring (bicyclic) bond motifs is 2. The first-order valence-electron chi connectivity index (χ1n) is 9.92. The lowest BCUT2D eigenvalue weighted by atomic mass is 10.1. The van der Waals surface area contributed by atoms with Crippen molar-refractivity contribution in [1.29, 1.82) is 0 Å². The highest BCUT2D eigenvalue weighted by atomic mass is 35.5. The number of pyridine rings is 2. The molecule has 0 bridgehead atoms. The number of para-hydroxylation sites is 1. The van der Waals surface area contributed by atoms with E-state index in [-0.39, 0.29) is 10.8 Å². The monoisotopic (exact) mass is 463 g/mol. The minimum atomic E-state index is -0.0591. The summed E-state index contributed by atoms with van der Waals surface area (Å²) in [6.07, 6.45) is 2.42. The van der Waals surface area contributed by atoms with Crippen LogP contribution in [0.2, 0.25) is 10.3 Å². The molecule has 0 radical (unpaired) electrons. The predicted octanol–water partition coefficient (Wildman–Crippen LogP) is 5.47. The van der Waals surface area contributed by atoms with Crippen LogP contribution in [0, 0.1) is 0 Å². The second-order valence-electron chi connectivity index (χ2n) is 6.92. The minimum Gasteiger partial charge on any atom is -0.382 e. The summed E-state index contributed by atoms with van der Waals surface area (Å²) in [6, 6.07) is 20.8. The zero-order valence-electron chi connectivity index (χ0n) is 17.2. The maximum Gasteiger partial charge on any atom is 0.264 e. The Morgan fingerprint density at radius 1 is 0.969 bits per heavy atom. The summed E-state index contributed by atoms with van der Waals surface area (Å²) in [5, 5.41) is 2.12. The average Bonchev–Trinajstić information content (AvgIpc) is 2.79. The number of halogens is 2. The third-order valence-corrected chi connectivity index (χ3v) is 5.39. The molecule has 5 aromatic rings. The molecule has 6 nitrogen and oxygen atoms in total. The quantitative estimate of drug-likeness (QED) is 0.350. The Kier molecular flexibility index (Phi) is 6.35. The number of anilines is 1.